The van der Waals surface area contributed by atoms with Gasteiger partial charge in [0, 0.05) is 11.5 Å². The molecule has 1 N–H and O–H groups in total. The monoisotopic (exact) mass is 327 g/mol. The van der Waals surface area contributed by atoms with Gasteiger partial charge in [0.05, 0.1) is 15.7 Å². The predicted molar refractivity (Wildman–Crippen MR) is 83.5 cm³/mol. The topological polar surface area (TPSA) is 37.8 Å². The molecule has 0 radical (unpaired) electrons. The summed E-state index contributed by atoms with van der Waals surface area (Å²) in [6.07, 6.45) is 2.23. The van der Waals surface area contributed by atoms with Crippen LogP contribution >= 0.6 is 34.8 Å². The predicted octanol–water partition coefficient (Wildman–Crippen LogP) is 5.37. The maximum absolute atomic E-state index is 6.18. The van der Waals surface area contributed by atoms with Gasteiger partial charge in [0.25, 0.3) is 0 Å². The van der Waals surface area contributed by atoms with Crippen molar-refractivity contribution in [3.8, 4) is 0 Å². The average molecular weight is 329 g/mol. The largest absolute Gasteiger partial charge is 0.337 e. The number of nitrogens with one attached hydrogen (secondary N) is 1. The van der Waals surface area contributed by atoms with Crippen LogP contribution in [0.5, 0.6) is 0 Å². The molecule has 0 unspecified atom stereocenters. The fraction of sp³-hybridized carbons (Fsp3) is 0.286. The van der Waals surface area contributed by atoms with E-state index < -0.39 is 0 Å². The van der Waals surface area contributed by atoms with Crippen molar-refractivity contribution in [2.24, 2.45) is 0 Å². The van der Waals surface area contributed by atoms with E-state index in [0.29, 0.717) is 32.6 Å². The third-order valence-corrected chi connectivity index (χ3v) is 4.25. The fourth-order valence-corrected chi connectivity index (χ4v) is 2.56. The molecule has 0 bridgehead atoms. The highest BCUT2D eigenvalue weighted by atomic mass is 35.5. The van der Waals surface area contributed by atoms with Crippen LogP contribution in [-0.4, -0.2) is 9.97 Å². The lowest BCUT2D eigenvalue weighted by Crippen LogP contribution is -2.03. The van der Waals surface area contributed by atoms with Crippen LogP contribution in [-0.2, 0) is 0 Å². The highest BCUT2D eigenvalue weighted by molar-refractivity contribution is 6.39. The minimum Gasteiger partial charge on any atom is -0.337 e. The zero-order valence-corrected chi connectivity index (χ0v) is 13.0. The van der Waals surface area contributed by atoms with Crippen molar-refractivity contribution < 1.29 is 0 Å². The Bertz CT molecular complexity index is 649. The first-order valence-corrected chi connectivity index (χ1v) is 7.44. The van der Waals surface area contributed by atoms with Crippen LogP contribution in [0.1, 0.15) is 30.1 Å². The summed E-state index contributed by atoms with van der Waals surface area (Å²) in [6, 6.07) is 5.34. The van der Waals surface area contributed by atoms with E-state index >= 15 is 0 Å². The van der Waals surface area contributed by atoms with Gasteiger partial charge in [-0.05, 0) is 31.9 Å². The van der Waals surface area contributed by atoms with Crippen molar-refractivity contribution in [2.75, 3.05) is 5.32 Å². The molecule has 0 aliphatic heterocycles. The first-order chi connectivity index (χ1) is 9.56. The summed E-state index contributed by atoms with van der Waals surface area (Å²) < 4.78 is 0. The van der Waals surface area contributed by atoms with Gasteiger partial charge in [0.15, 0.2) is 0 Å². The molecule has 1 aliphatic rings. The summed E-state index contributed by atoms with van der Waals surface area (Å²) in [5.41, 5.74) is 1.42. The SMILES string of the molecule is Cc1c(Cl)nc(C2CC2)nc1Nc1c(Cl)cccc1Cl. The Balaban J connectivity index is 2.01. The van der Waals surface area contributed by atoms with Gasteiger partial charge in [0.1, 0.15) is 16.8 Å². The van der Waals surface area contributed by atoms with E-state index in [1.807, 2.05) is 6.92 Å². The number of hydrogen-bond acceptors (Lipinski definition) is 3. The van der Waals surface area contributed by atoms with Crippen LogP contribution < -0.4 is 5.32 Å². The fourth-order valence-electron chi connectivity index (χ4n) is 1.89. The third-order valence-electron chi connectivity index (χ3n) is 3.25. The number of para-hydroxylation sites is 1. The number of hydrogen-bond donors (Lipinski definition) is 1. The second kappa shape index (κ2) is 5.40. The van der Waals surface area contributed by atoms with Gasteiger partial charge in [-0.25, -0.2) is 9.97 Å². The molecule has 2 aromatic rings. The summed E-state index contributed by atoms with van der Waals surface area (Å²) in [5, 5.41) is 4.72. The normalized spacial score (nSPS) is 14.4. The van der Waals surface area contributed by atoms with Crippen molar-refractivity contribution in [1.82, 2.24) is 9.97 Å². The first kappa shape index (κ1) is 13.9. The Morgan fingerprint density at radius 2 is 1.75 bits per heavy atom. The molecule has 20 heavy (non-hydrogen) atoms. The maximum atomic E-state index is 6.18. The lowest BCUT2D eigenvalue weighted by atomic mass is 10.2. The second-order valence-corrected chi connectivity index (χ2v) is 6.01. The summed E-state index contributed by atoms with van der Waals surface area (Å²) in [4.78, 5) is 8.88. The maximum Gasteiger partial charge on any atom is 0.138 e. The molecule has 1 fully saturated rings. The van der Waals surface area contributed by atoms with Crippen LogP contribution in [0.2, 0.25) is 15.2 Å². The molecule has 1 aliphatic carbocycles. The van der Waals surface area contributed by atoms with Crippen LogP contribution in [0, 0.1) is 6.92 Å². The van der Waals surface area contributed by atoms with E-state index in [1.165, 1.54) is 0 Å². The number of anilines is 2. The summed E-state index contributed by atoms with van der Waals surface area (Å²) in [7, 11) is 0. The van der Waals surface area contributed by atoms with Gasteiger partial charge in [-0.3, -0.25) is 0 Å². The Morgan fingerprint density at radius 1 is 1.10 bits per heavy atom. The number of rotatable bonds is 3. The quantitative estimate of drug-likeness (QED) is 0.770. The molecule has 0 spiro atoms. The molecule has 0 saturated heterocycles. The van der Waals surface area contributed by atoms with Crippen molar-refractivity contribution in [3.05, 3.63) is 44.8 Å². The minimum absolute atomic E-state index is 0.426. The lowest BCUT2D eigenvalue weighted by Gasteiger charge is -2.13. The molecule has 0 amide bonds. The second-order valence-electron chi connectivity index (χ2n) is 4.84. The number of halogens is 3. The number of aromatic nitrogens is 2. The standard InChI is InChI=1S/C14H12Cl3N3/c1-7-12(17)19-14(8-5-6-8)20-13(7)18-11-9(15)3-2-4-10(11)16/h2-4,8H,5-6H2,1H3,(H,18,19,20). The first-order valence-electron chi connectivity index (χ1n) is 6.31. The van der Waals surface area contributed by atoms with Gasteiger partial charge >= 0.3 is 0 Å². The van der Waals surface area contributed by atoms with Gasteiger partial charge < -0.3 is 5.32 Å². The van der Waals surface area contributed by atoms with Crippen molar-refractivity contribution in [3.63, 3.8) is 0 Å². The zero-order chi connectivity index (χ0) is 14.3. The molecule has 3 nitrogen and oxygen atoms in total. The van der Waals surface area contributed by atoms with Crippen molar-refractivity contribution >= 4 is 46.3 Å². The van der Waals surface area contributed by atoms with Crippen molar-refractivity contribution in [2.45, 2.75) is 25.7 Å². The Kier molecular flexibility index (Phi) is 3.76. The highest BCUT2D eigenvalue weighted by Gasteiger charge is 2.28. The molecular formula is C14H12Cl3N3. The molecule has 3 rings (SSSR count). The van der Waals surface area contributed by atoms with E-state index in [-0.39, 0.29) is 0 Å². The lowest BCUT2D eigenvalue weighted by molar-refractivity contribution is 0.922. The highest BCUT2D eigenvalue weighted by Crippen LogP contribution is 2.40. The van der Waals surface area contributed by atoms with Gasteiger partial charge in [-0.1, -0.05) is 40.9 Å². The smallest absolute Gasteiger partial charge is 0.138 e. The minimum atomic E-state index is 0.426. The Hall–Kier alpha value is -1.03. The van der Waals surface area contributed by atoms with E-state index in [2.05, 4.69) is 15.3 Å². The summed E-state index contributed by atoms with van der Waals surface area (Å²) >= 11 is 18.5. The Morgan fingerprint density at radius 3 is 2.35 bits per heavy atom. The van der Waals surface area contributed by atoms with Gasteiger partial charge in [0.2, 0.25) is 0 Å². The molecule has 104 valence electrons. The van der Waals surface area contributed by atoms with E-state index in [1.54, 1.807) is 18.2 Å². The van der Waals surface area contributed by atoms with Crippen LogP contribution in [0.4, 0.5) is 11.5 Å². The average Bonchev–Trinajstić information content (AvgIpc) is 3.23. The molecule has 6 heteroatoms. The molecule has 1 heterocycles. The number of nitrogens with zero attached hydrogens (tertiary/aromatic N) is 2. The van der Waals surface area contributed by atoms with E-state index in [0.717, 1.165) is 24.2 Å². The molecule has 0 atom stereocenters. The van der Waals surface area contributed by atoms with Crippen LogP contribution in [0.15, 0.2) is 18.2 Å². The molecule has 1 aromatic carbocycles. The van der Waals surface area contributed by atoms with Gasteiger partial charge in [-0.15, -0.1) is 0 Å². The van der Waals surface area contributed by atoms with Gasteiger partial charge in [-0.2, -0.15) is 0 Å². The van der Waals surface area contributed by atoms with Crippen LogP contribution in [0.25, 0.3) is 0 Å². The summed E-state index contributed by atoms with van der Waals surface area (Å²) in [6.45, 7) is 1.87. The third kappa shape index (κ3) is 2.71. The number of benzene rings is 1. The van der Waals surface area contributed by atoms with Crippen LogP contribution in [0.3, 0.4) is 0 Å². The zero-order valence-electron chi connectivity index (χ0n) is 10.8. The molecule has 1 saturated carbocycles. The molecular weight excluding hydrogens is 317 g/mol. The van der Waals surface area contributed by atoms with E-state index in [4.69, 9.17) is 34.8 Å². The molecule has 1 aromatic heterocycles. The van der Waals surface area contributed by atoms with E-state index in [9.17, 15) is 0 Å². The Labute approximate surface area is 132 Å². The summed E-state index contributed by atoms with van der Waals surface area (Å²) in [5.74, 6) is 1.86. The van der Waals surface area contributed by atoms with Crippen molar-refractivity contribution in [1.29, 1.82) is 0 Å².